The molecule has 1 saturated heterocycles. The molecule has 0 saturated carbocycles. The van der Waals surface area contributed by atoms with Crippen LogP contribution in [-0.4, -0.2) is 28.2 Å². The Kier molecular flexibility index (Phi) is 4.91. The summed E-state index contributed by atoms with van der Waals surface area (Å²) in [6.45, 7) is 7.33. The van der Waals surface area contributed by atoms with Gasteiger partial charge in [0.15, 0.2) is 0 Å². The van der Waals surface area contributed by atoms with E-state index in [9.17, 15) is 8.42 Å². The van der Waals surface area contributed by atoms with Crippen LogP contribution in [0.2, 0.25) is 0 Å². The summed E-state index contributed by atoms with van der Waals surface area (Å²) in [5, 5.41) is 0. The molecule has 0 radical (unpaired) electrons. The number of nitrogens with one attached hydrogen (secondary N) is 1. The van der Waals surface area contributed by atoms with Crippen molar-refractivity contribution in [3.63, 3.8) is 0 Å². The fourth-order valence-electron chi connectivity index (χ4n) is 2.69. The summed E-state index contributed by atoms with van der Waals surface area (Å²) in [7, 11) is -3.54. The van der Waals surface area contributed by atoms with Crippen LogP contribution in [0.3, 0.4) is 0 Å². The van der Waals surface area contributed by atoms with Crippen LogP contribution in [0, 0.1) is 26.7 Å². The van der Waals surface area contributed by atoms with E-state index in [2.05, 4.69) is 4.72 Å². The standard InChI is InChI=1S/C15H24N2O3S/c1-10-8-14(16)12(3)15(11(10)2)21(18,19)17-9-13-4-6-20-7-5-13/h8,13,17H,4-7,9,16H2,1-3H3. The van der Waals surface area contributed by atoms with E-state index in [4.69, 9.17) is 10.5 Å². The lowest BCUT2D eigenvalue weighted by Crippen LogP contribution is -2.33. The maximum atomic E-state index is 12.6. The van der Waals surface area contributed by atoms with Crippen molar-refractivity contribution in [2.24, 2.45) is 5.92 Å². The van der Waals surface area contributed by atoms with Crippen LogP contribution in [0.25, 0.3) is 0 Å². The molecule has 2 rings (SSSR count). The molecule has 1 aliphatic heterocycles. The van der Waals surface area contributed by atoms with Gasteiger partial charge in [0.05, 0.1) is 4.90 Å². The Morgan fingerprint density at radius 3 is 2.48 bits per heavy atom. The fourth-order valence-corrected chi connectivity index (χ4v) is 4.38. The van der Waals surface area contributed by atoms with Crippen molar-refractivity contribution in [2.45, 2.75) is 38.5 Å². The number of nitrogen functional groups attached to an aromatic ring is 1. The van der Waals surface area contributed by atoms with Gasteiger partial charge < -0.3 is 10.5 Å². The summed E-state index contributed by atoms with van der Waals surface area (Å²) in [5.74, 6) is 0.344. The second-order valence-corrected chi connectivity index (χ2v) is 7.47. The minimum absolute atomic E-state index is 0.326. The average molecular weight is 312 g/mol. The minimum Gasteiger partial charge on any atom is -0.398 e. The number of anilines is 1. The van der Waals surface area contributed by atoms with Crippen molar-refractivity contribution in [3.05, 3.63) is 22.8 Å². The van der Waals surface area contributed by atoms with E-state index in [1.807, 2.05) is 19.9 Å². The first-order valence-corrected chi connectivity index (χ1v) is 8.75. The summed E-state index contributed by atoms with van der Waals surface area (Å²) < 4.78 is 33.3. The molecule has 0 aromatic heterocycles. The lowest BCUT2D eigenvalue weighted by atomic mass is 10.0. The summed E-state index contributed by atoms with van der Waals surface area (Å²) in [4.78, 5) is 0.326. The van der Waals surface area contributed by atoms with Crippen LogP contribution in [0.1, 0.15) is 29.5 Å². The number of hydrogen-bond acceptors (Lipinski definition) is 4. The summed E-state index contributed by atoms with van der Waals surface area (Å²) >= 11 is 0. The van der Waals surface area contributed by atoms with Crippen LogP contribution >= 0.6 is 0 Å². The van der Waals surface area contributed by atoms with Gasteiger partial charge in [0.25, 0.3) is 0 Å². The lowest BCUT2D eigenvalue weighted by Gasteiger charge is -2.23. The number of rotatable bonds is 4. The van der Waals surface area contributed by atoms with Gasteiger partial charge in [-0.3, -0.25) is 0 Å². The van der Waals surface area contributed by atoms with Crippen molar-refractivity contribution in [3.8, 4) is 0 Å². The topological polar surface area (TPSA) is 81.4 Å². The Labute approximate surface area is 126 Å². The molecule has 0 amide bonds. The molecule has 0 bridgehead atoms. The second kappa shape index (κ2) is 6.34. The highest BCUT2D eigenvalue weighted by Crippen LogP contribution is 2.28. The molecule has 1 aromatic carbocycles. The van der Waals surface area contributed by atoms with Crippen LogP contribution in [-0.2, 0) is 14.8 Å². The molecule has 3 N–H and O–H groups in total. The number of nitrogens with two attached hydrogens (primary N) is 1. The van der Waals surface area contributed by atoms with Gasteiger partial charge >= 0.3 is 0 Å². The minimum atomic E-state index is -3.54. The maximum absolute atomic E-state index is 12.6. The zero-order valence-corrected chi connectivity index (χ0v) is 13.7. The summed E-state index contributed by atoms with van der Waals surface area (Å²) in [6, 6.07) is 1.82. The molecule has 1 aromatic rings. The first kappa shape index (κ1) is 16.3. The molecule has 1 fully saturated rings. The molecule has 0 aliphatic carbocycles. The zero-order chi connectivity index (χ0) is 15.6. The monoisotopic (exact) mass is 312 g/mol. The fraction of sp³-hybridized carbons (Fsp3) is 0.600. The highest BCUT2D eigenvalue weighted by molar-refractivity contribution is 7.89. The van der Waals surface area contributed by atoms with Gasteiger partial charge in [-0.2, -0.15) is 0 Å². The first-order valence-electron chi connectivity index (χ1n) is 7.26. The van der Waals surface area contributed by atoms with Crippen LogP contribution < -0.4 is 10.5 Å². The van der Waals surface area contributed by atoms with E-state index in [0.29, 0.717) is 41.8 Å². The van der Waals surface area contributed by atoms with Crippen molar-refractivity contribution in [1.29, 1.82) is 0 Å². The Bertz CT molecular complexity index is 594. The predicted octanol–water partition coefficient (Wildman–Crippen LogP) is 1.90. The van der Waals surface area contributed by atoms with E-state index in [1.165, 1.54) is 0 Å². The van der Waals surface area contributed by atoms with E-state index in [-0.39, 0.29) is 0 Å². The van der Waals surface area contributed by atoms with E-state index in [1.54, 1.807) is 6.92 Å². The molecule has 0 unspecified atom stereocenters. The molecular weight excluding hydrogens is 288 g/mol. The first-order chi connectivity index (χ1) is 9.83. The molecule has 6 heteroatoms. The SMILES string of the molecule is Cc1cc(N)c(C)c(S(=O)(=O)NCC2CCOCC2)c1C. The maximum Gasteiger partial charge on any atom is 0.241 e. The quantitative estimate of drug-likeness (QED) is 0.832. The van der Waals surface area contributed by atoms with E-state index >= 15 is 0 Å². The number of benzene rings is 1. The third kappa shape index (κ3) is 3.56. The van der Waals surface area contributed by atoms with Crippen molar-refractivity contribution in [2.75, 3.05) is 25.5 Å². The van der Waals surface area contributed by atoms with Crippen molar-refractivity contribution in [1.82, 2.24) is 4.72 Å². The zero-order valence-electron chi connectivity index (χ0n) is 12.9. The predicted molar refractivity (Wildman–Crippen MR) is 83.8 cm³/mol. The Balaban J connectivity index is 2.23. The molecular formula is C15H24N2O3S. The number of hydrogen-bond donors (Lipinski definition) is 2. The molecule has 5 nitrogen and oxygen atoms in total. The van der Waals surface area contributed by atoms with Crippen molar-refractivity contribution >= 4 is 15.7 Å². The Morgan fingerprint density at radius 1 is 1.24 bits per heavy atom. The third-order valence-electron chi connectivity index (χ3n) is 4.25. The normalized spacial score (nSPS) is 17.1. The largest absolute Gasteiger partial charge is 0.398 e. The molecule has 0 spiro atoms. The second-order valence-electron chi connectivity index (χ2n) is 5.77. The highest BCUT2D eigenvalue weighted by atomic mass is 32.2. The van der Waals surface area contributed by atoms with Crippen LogP contribution in [0.15, 0.2) is 11.0 Å². The number of aryl methyl sites for hydroxylation is 1. The molecule has 1 aliphatic rings. The molecule has 1 heterocycles. The van der Waals surface area contributed by atoms with Gasteiger partial charge in [-0.25, -0.2) is 13.1 Å². The average Bonchev–Trinajstić information content (AvgIpc) is 2.44. The van der Waals surface area contributed by atoms with Gasteiger partial charge in [-0.05, 0) is 62.3 Å². The summed E-state index contributed by atoms with van der Waals surface area (Å²) in [5.41, 5.74) is 8.72. The van der Waals surface area contributed by atoms with Gasteiger partial charge in [-0.1, -0.05) is 0 Å². The third-order valence-corrected chi connectivity index (χ3v) is 5.95. The highest BCUT2D eigenvalue weighted by Gasteiger charge is 2.24. The lowest BCUT2D eigenvalue weighted by molar-refractivity contribution is 0.0678. The Hall–Kier alpha value is -1.11. The van der Waals surface area contributed by atoms with Gasteiger partial charge in [0.2, 0.25) is 10.0 Å². The van der Waals surface area contributed by atoms with E-state index in [0.717, 1.165) is 24.0 Å². The van der Waals surface area contributed by atoms with Crippen molar-refractivity contribution < 1.29 is 13.2 Å². The summed E-state index contributed by atoms with van der Waals surface area (Å²) in [6.07, 6.45) is 1.80. The van der Waals surface area contributed by atoms with Gasteiger partial charge in [-0.15, -0.1) is 0 Å². The van der Waals surface area contributed by atoms with Crippen LogP contribution in [0.4, 0.5) is 5.69 Å². The van der Waals surface area contributed by atoms with Crippen LogP contribution in [0.5, 0.6) is 0 Å². The molecule has 0 atom stereocenters. The number of sulfonamides is 1. The molecule has 118 valence electrons. The smallest absolute Gasteiger partial charge is 0.241 e. The van der Waals surface area contributed by atoms with Gasteiger partial charge in [0.1, 0.15) is 0 Å². The number of ether oxygens (including phenoxy) is 1. The van der Waals surface area contributed by atoms with E-state index < -0.39 is 10.0 Å². The van der Waals surface area contributed by atoms with Gasteiger partial charge in [0, 0.05) is 25.4 Å². The molecule has 21 heavy (non-hydrogen) atoms. The Morgan fingerprint density at radius 2 is 1.86 bits per heavy atom.